The molecule has 2 heterocycles. The smallest absolute Gasteiger partial charge is 0.187 e. The molecule has 0 aliphatic carbocycles. The Kier molecular flexibility index (Phi) is 8.90. The fourth-order valence-corrected chi connectivity index (χ4v) is 2.93. The molecule has 1 unspecified atom stereocenters. The Morgan fingerprint density at radius 3 is 1.79 bits per heavy atom. The molecule has 0 bridgehead atoms. The normalized spacial score (nSPS) is 45.8. The third-order valence-electron chi connectivity index (χ3n) is 4.63. The van der Waals surface area contributed by atoms with Crippen molar-refractivity contribution in [1.29, 1.82) is 0 Å². The Balaban J connectivity index is 2.15. The lowest BCUT2D eigenvalue weighted by Gasteiger charge is -2.46. The Morgan fingerprint density at radius 1 is 0.714 bits per heavy atom. The lowest BCUT2D eigenvalue weighted by molar-refractivity contribution is -0.368. The molecule has 11 atom stereocenters. The van der Waals surface area contributed by atoms with Gasteiger partial charge in [-0.3, -0.25) is 0 Å². The highest BCUT2D eigenvalue weighted by Crippen LogP contribution is 2.29. The van der Waals surface area contributed by atoms with E-state index in [-0.39, 0.29) is 0 Å². The van der Waals surface area contributed by atoms with Gasteiger partial charge in [0.05, 0.1) is 26.4 Å². The second kappa shape index (κ2) is 10.5. The predicted molar refractivity (Wildman–Crippen MR) is 85.4 cm³/mol. The van der Waals surface area contributed by atoms with Crippen LogP contribution in [0.3, 0.4) is 0 Å². The highest BCUT2D eigenvalue weighted by molar-refractivity contribution is 4.93. The summed E-state index contributed by atoms with van der Waals surface area (Å²) in [5, 5.41) is 86.9. The standard InChI is InChI=1S/C15H28O13/c16-1-5(19)4-25-15-13(11(23)9(21)7(3-18)27-15)28-14-12(24)10(22)8(20)6(2-17)26-14/h5-24H,1-4H2/t5?,6-,7-,8+,9+,10+,11+,12-,13-,14+,15-/m1/s1. The van der Waals surface area contributed by atoms with E-state index in [4.69, 9.17) is 24.1 Å². The molecule has 2 fully saturated rings. The first kappa shape index (κ1) is 23.8. The Bertz CT molecular complexity index is 465. The summed E-state index contributed by atoms with van der Waals surface area (Å²) in [6.07, 6.45) is -16.9. The van der Waals surface area contributed by atoms with Crippen LogP contribution in [0.25, 0.3) is 0 Å². The number of ether oxygens (including phenoxy) is 4. The van der Waals surface area contributed by atoms with E-state index < -0.39 is 93.9 Å². The van der Waals surface area contributed by atoms with E-state index in [1.54, 1.807) is 0 Å². The zero-order valence-corrected chi connectivity index (χ0v) is 14.8. The highest BCUT2D eigenvalue weighted by Gasteiger charge is 2.50. The Hall–Kier alpha value is -0.520. The van der Waals surface area contributed by atoms with Crippen molar-refractivity contribution in [1.82, 2.24) is 0 Å². The average Bonchev–Trinajstić information content (AvgIpc) is 2.70. The van der Waals surface area contributed by atoms with Crippen molar-refractivity contribution in [2.24, 2.45) is 0 Å². The van der Waals surface area contributed by atoms with Gasteiger partial charge in [-0.25, -0.2) is 0 Å². The van der Waals surface area contributed by atoms with E-state index in [1.165, 1.54) is 0 Å². The molecule has 0 aromatic heterocycles. The molecule has 2 aliphatic rings. The van der Waals surface area contributed by atoms with Crippen molar-refractivity contribution in [3.63, 3.8) is 0 Å². The largest absolute Gasteiger partial charge is 0.394 e. The lowest BCUT2D eigenvalue weighted by atomic mass is 9.97. The maximum Gasteiger partial charge on any atom is 0.187 e. The van der Waals surface area contributed by atoms with Crippen molar-refractivity contribution in [2.45, 2.75) is 67.5 Å². The third-order valence-corrected chi connectivity index (χ3v) is 4.63. The van der Waals surface area contributed by atoms with Crippen molar-refractivity contribution < 1.29 is 64.9 Å². The van der Waals surface area contributed by atoms with E-state index >= 15 is 0 Å². The van der Waals surface area contributed by atoms with E-state index in [1.807, 2.05) is 0 Å². The quantitative estimate of drug-likeness (QED) is 0.180. The van der Waals surface area contributed by atoms with Crippen LogP contribution in [0.4, 0.5) is 0 Å². The van der Waals surface area contributed by atoms with Gasteiger partial charge in [0.2, 0.25) is 0 Å². The fourth-order valence-electron chi connectivity index (χ4n) is 2.93. The van der Waals surface area contributed by atoms with Gasteiger partial charge < -0.3 is 64.9 Å². The molecule has 9 N–H and O–H groups in total. The molecule has 0 spiro atoms. The summed E-state index contributed by atoms with van der Waals surface area (Å²) < 4.78 is 21.1. The predicted octanol–water partition coefficient (Wildman–Crippen LogP) is -6.02. The molecule has 2 rings (SSSR count). The molecule has 2 saturated heterocycles. The zero-order valence-electron chi connectivity index (χ0n) is 14.8. The number of aliphatic hydroxyl groups is 9. The van der Waals surface area contributed by atoms with Gasteiger partial charge in [0.1, 0.15) is 54.9 Å². The van der Waals surface area contributed by atoms with Crippen LogP contribution in [0.5, 0.6) is 0 Å². The Morgan fingerprint density at radius 2 is 1.25 bits per heavy atom. The summed E-state index contributed by atoms with van der Waals surface area (Å²) in [7, 11) is 0. The van der Waals surface area contributed by atoms with Crippen molar-refractivity contribution in [2.75, 3.05) is 26.4 Å². The molecule has 0 radical (unpaired) electrons. The minimum atomic E-state index is -1.78. The van der Waals surface area contributed by atoms with Gasteiger partial charge >= 0.3 is 0 Å². The van der Waals surface area contributed by atoms with E-state index in [0.717, 1.165) is 0 Å². The van der Waals surface area contributed by atoms with E-state index in [0.29, 0.717) is 0 Å². The minimum absolute atomic E-state index is 0.448. The van der Waals surface area contributed by atoms with Crippen LogP contribution in [0.2, 0.25) is 0 Å². The summed E-state index contributed by atoms with van der Waals surface area (Å²) >= 11 is 0. The van der Waals surface area contributed by atoms with Crippen LogP contribution in [0.15, 0.2) is 0 Å². The van der Waals surface area contributed by atoms with Gasteiger partial charge in [0.25, 0.3) is 0 Å². The molecule has 2 aliphatic heterocycles. The zero-order chi connectivity index (χ0) is 21.0. The maximum atomic E-state index is 10.3. The van der Waals surface area contributed by atoms with Gasteiger partial charge in [0, 0.05) is 0 Å². The van der Waals surface area contributed by atoms with Crippen molar-refractivity contribution in [3.05, 3.63) is 0 Å². The molecule has 0 aromatic rings. The first-order chi connectivity index (χ1) is 13.2. The number of aliphatic hydroxyl groups excluding tert-OH is 9. The summed E-state index contributed by atoms with van der Waals surface area (Å²) in [6, 6.07) is 0. The third kappa shape index (κ3) is 5.14. The molecule has 166 valence electrons. The first-order valence-corrected chi connectivity index (χ1v) is 8.74. The molecule has 13 heteroatoms. The van der Waals surface area contributed by atoms with Crippen LogP contribution in [-0.4, -0.2) is 140 Å². The van der Waals surface area contributed by atoms with Gasteiger partial charge in [-0.1, -0.05) is 0 Å². The van der Waals surface area contributed by atoms with E-state index in [2.05, 4.69) is 0 Å². The minimum Gasteiger partial charge on any atom is -0.394 e. The second-order valence-corrected chi connectivity index (χ2v) is 6.67. The van der Waals surface area contributed by atoms with E-state index in [9.17, 15) is 40.9 Å². The van der Waals surface area contributed by atoms with Crippen LogP contribution < -0.4 is 0 Å². The first-order valence-electron chi connectivity index (χ1n) is 8.74. The number of hydrogen-bond acceptors (Lipinski definition) is 13. The molecule has 13 nitrogen and oxygen atoms in total. The monoisotopic (exact) mass is 416 g/mol. The fraction of sp³-hybridized carbons (Fsp3) is 1.00. The lowest BCUT2D eigenvalue weighted by Crippen LogP contribution is -2.64. The molecular formula is C15H28O13. The van der Waals surface area contributed by atoms with Gasteiger partial charge in [-0.15, -0.1) is 0 Å². The Labute approximate surface area is 159 Å². The number of hydrogen-bond donors (Lipinski definition) is 9. The molecule has 0 amide bonds. The molecule has 0 saturated carbocycles. The second-order valence-electron chi connectivity index (χ2n) is 6.67. The van der Waals surface area contributed by atoms with Crippen LogP contribution >= 0.6 is 0 Å². The van der Waals surface area contributed by atoms with Gasteiger partial charge in [-0.05, 0) is 0 Å². The van der Waals surface area contributed by atoms with Gasteiger partial charge in [0.15, 0.2) is 12.6 Å². The highest BCUT2D eigenvalue weighted by atomic mass is 16.8. The van der Waals surface area contributed by atoms with Gasteiger partial charge in [-0.2, -0.15) is 0 Å². The molecule has 0 aromatic carbocycles. The van der Waals surface area contributed by atoms with Crippen LogP contribution in [-0.2, 0) is 18.9 Å². The topological polar surface area (TPSA) is 219 Å². The average molecular weight is 416 g/mol. The van der Waals surface area contributed by atoms with Crippen molar-refractivity contribution >= 4 is 0 Å². The molecule has 28 heavy (non-hydrogen) atoms. The van der Waals surface area contributed by atoms with Crippen LogP contribution in [0, 0.1) is 0 Å². The van der Waals surface area contributed by atoms with Crippen molar-refractivity contribution in [3.8, 4) is 0 Å². The summed E-state index contributed by atoms with van der Waals surface area (Å²) in [4.78, 5) is 0. The summed E-state index contributed by atoms with van der Waals surface area (Å²) in [5.74, 6) is 0. The summed E-state index contributed by atoms with van der Waals surface area (Å²) in [5.41, 5.74) is 0. The van der Waals surface area contributed by atoms with Crippen LogP contribution in [0.1, 0.15) is 0 Å². The SMILES string of the molecule is OCC(O)CO[C@@H]1O[C@H](CO)[C@H](O)[C@H](O)[C@H]1O[C@@H]1O[C@H](CO)[C@H](O)[C@H](O)[C@H]1O. The number of rotatable bonds is 8. The summed E-state index contributed by atoms with van der Waals surface area (Å²) in [6.45, 7) is -2.45. The molecular weight excluding hydrogens is 388 g/mol. The maximum absolute atomic E-state index is 10.3.